The lowest BCUT2D eigenvalue weighted by Gasteiger charge is -2.32. The van der Waals surface area contributed by atoms with Gasteiger partial charge in [0.05, 0.1) is 36.4 Å². The highest BCUT2D eigenvalue weighted by molar-refractivity contribution is 7.93. The average Bonchev–Trinajstić information content (AvgIpc) is 3.51. The first-order valence-corrected chi connectivity index (χ1v) is 14.2. The minimum atomic E-state index is -4.28. The molecule has 1 fully saturated rings. The normalized spacial score (nSPS) is 19.5. The van der Waals surface area contributed by atoms with Crippen LogP contribution in [-0.4, -0.2) is 65.7 Å². The predicted molar refractivity (Wildman–Crippen MR) is 135 cm³/mol. The first-order valence-electron chi connectivity index (χ1n) is 12.6. The molecule has 2 aliphatic rings. The van der Waals surface area contributed by atoms with E-state index in [4.69, 9.17) is 4.74 Å². The Bertz CT molecular complexity index is 1320. The second-order valence-corrected chi connectivity index (χ2v) is 12.0. The van der Waals surface area contributed by atoms with E-state index in [-0.39, 0.29) is 25.9 Å². The number of nitrogens with one attached hydrogen (secondary N) is 2. The van der Waals surface area contributed by atoms with Crippen LogP contribution in [0.1, 0.15) is 36.6 Å². The number of aryl methyl sites for hydroxylation is 1. The molecule has 1 aromatic carbocycles. The van der Waals surface area contributed by atoms with E-state index < -0.39 is 28.0 Å². The van der Waals surface area contributed by atoms with E-state index >= 15 is 0 Å². The number of anilines is 1. The Morgan fingerprint density at radius 1 is 1.22 bits per heavy atom. The summed E-state index contributed by atoms with van der Waals surface area (Å²) in [7, 11) is -3.75. The Balaban J connectivity index is 1.16. The maximum atomic E-state index is 13.0. The lowest BCUT2D eigenvalue weighted by molar-refractivity contribution is -0.147. The molecular weight excluding hydrogens is 507 g/mol. The molecule has 37 heavy (non-hydrogen) atoms. The zero-order chi connectivity index (χ0) is 26.2. The summed E-state index contributed by atoms with van der Waals surface area (Å²) in [5.41, 5.74) is 4.61. The van der Waals surface area contributed by atoms with Gasteiger partial charge in [-0.05, 0) is 74.9 Å². The number of halogens is 3. The Morgan fingerprint density at radius 2 is 2.00 bits per heavy atom. The molecule has 3 aromatic rings. The Hall–Kier alpha value is -2.57. The van der Waals surface area contributed by atoms with Gasteiger partial charge in [-0.25, -0.2) is 8.42 Å². The third-order valence-corrected chi connectivity index (χ3v) is 9.09. The number of hydrogen-bond acceptors (Lipinski definition) is 5. The van der Waals surface area contributed by atoms with Crippen molar-refractivity contribution in [3.8, 4) is 0 Å². The molecule has 1 aliphatic carbocycles. The van der Waals surface area contributed by atoms with E-state index in [1.807, 2.05) is 22.9 Å². The number of piperidine rings is 1. The van der Waals surface area contributed by atoms with Gasteiger partial charge in [0.25, 0.3) is 0 Å². The summed E-state index contributed by atoms with van der Waals surface area (Å²) in [5.74, 6) is 0.407. The molecule has 1 saturated heterocycles. The molecule has 12 heteroatoms. The number of likely N-dealkylation sites (tertiary alicyclic amines) is 1. The number of hydrogen-bond donors (Lipinski definition) is 2. The molecule has 0 spiro atoms. The van der Waals surface area contributed by atoms with E-state index in [0.717, 1.165) is 41.5 Å². The molecule has 0 radical (unpaired) electrons. The molecule has 1 unspecified atom stereocenters. The second kappa shape index (κ2) is 10.3. The van der Waals surface area contributed by atoms with Crippen LogP contribution in [0.4, 0.5) is 18.9 Å². The molecule has 1 atom stereocenters. The molecule has 3 heterocycles. The summed E-state index contributed by atoms with van der Waals surface area (Å²) in [4.78, 5) is 4.34. The highest BCUT2D eigenvalue weighted by atomic mass is 32.2. The highest BCUT2D eigenvalue weighted by Crippen LogP contribution is 2.30. The van der Waals surface area contributed by atoms with Gasteiger partial charge in [-0.2, -0.15) is 18.3 Å². The van der Waals surface area contributed by atoms with Crippen molar-refractivity contribution in [2.24, 2.45) is 5.92 Å². The fourth-order valence-corrected chi connectivity index (χ4v) is 6.81. The largest absolute Gasteiger partial charge is 0.401 e. The van der Waals surface area contributed by atoms with Crippen LogP contribution in [0, 0.1) is 5.92 Å². The standard InChI is InChI=1S/C25H32F3N5O3S/c1-2-33-13-19-9-18(11-23(19)30-33)15-36-14-17-3-4-22-21(10-17)24(12-29-22)31-37(34,35)20-5-7-32(8-6-20)16-25(26,27)28/h3-4,10,12-13,18,20,29,31H,2,5-9,11,14-16H2,1H3. The zero-order valence-electron chi connectivity index (χ0n) is 20.7. The number of aromatic amines is 1. The lowest BCUT2D eigenvalue weighted by Crippen LogP contribution is -2.44. The number of benzene rings is 1. The first-order chi connectivity index (χ1) is 17.6. The van der Waals surface area contributed by atoms with E-state index in [9.17, 15) is 21.6 Å². The Kier molecular flexibility index (Phi) is 7.25. The molecule has 5 rings (SSSR count). The van der Waals surface area contributed by atoms with E-state index in [1.54, 1.807) is 6.20 Å². The molecular formula is C25H32F3N5O3S. The Labute approximate surface area is 214 Å². The molecule has 0 bridgehead atoms. The average molecular weight is 540 g/mol. The van der Waals surface area contributed by atoms with Gasteiger partial charge in [0, 0.05) is 29.8 Å². The van der Waals surface area contributed by atoms with Crippen molar-refractivity contribution in [1.82, 2.24) is 19.7 Å². The quantitative estimate of drug-likeness (QED) is 0.428. The molecule has 1 aliphatic heterocycles. The Morgan fingerprint density at radius 3 is 2.70 bits per heavy atom. The smallest absolute Gasteiger partial charge is 0.376 e. The number of H-pyrrole nitrogens is 1. The van der Waals surface area contributed by atoms with E-state index in [0.29, 0.717) is 24.8 Å². The third kappa shape index (κ3) is 6.12. The second-order valence-electron chi connectivity index (χ2n) is 10.1. The van der Waals surface area contributed by atoms with Crippen molar-refractivity contribution in [3.05, 3.63) is 47.4 Å². The number of nitrogens with zero attached hydrogens (tertiary/aromatic N) is 3. The minimum absolute atomic E-state index is 0.100. The summed E-state index contributed by atoms with van der Waals surface area (Å²) in [5, 5.41) is 4.60. The van der Waals surface area contributed by atoms with Gasteiger partial charge in [0.1, 0.15) is 0 Å². The fraction of sp³-hybridized carbons (Fsp3) is 0.560. The number of rotatable bonds is 9. The molecule has 2 N–H and O–H groups in total. The van der Waals surface area contributed by atoms with Crippen LogP contribution in [0.2, 0.25) is 0 Å². The van der Waals surface area contributed by atoms with Crippen molar-refractivity contribution in [3.63, 3.8) is 0 Å². The van der Waals surface area contributed by atoms with Crippen LogP contribution < -0.4 is 4.72 Å². The third-order valence-electron chi connectivity index (χ3n) is 7.24. The summed E-state index contributed by atoms with van der Waals surface area (Å²) < 4.78 is 74.6. The van der Waals surface area contributed by atoms with Crippen molar-refractivity contribution in [2.45, 2.75) is 57.2 Å². The SMILES string of the molecule is CCn1cc2c(n1)CC(COCc1ccc3[nH]cc(NS(=O)(=O)C4CCN(CC(F)(F)F)CC4)c3c1)C2. The van der Waals surface area contributed by atoms with Gasteiger partial charge in [0.2, 0.25) is 10.0 Å². The highest BCUT2D eigenvalue weighted by Gasteiger charge is 2.36. The summed E-state index contributed by atoms with van der Waals surface area (Å²) in [6.45, 7) is 3.17. The fourth-order valence-electron chi connectivity index (χ4n) is 5.33. The molecule has 0 saturated carbocycles. The van der Waals surface area contributed by atoms with Gasteiger partial charge in [-0.1, -0.05) is 6.07 Å². The molecule has 0 amide bonds. The van der Waals surface area contributed by atoms with Gasteiger partial charge in [-0.3, -0.25) is 14.3 Å². The van der Waals surface area contributed by atoms with Crippen LogP contribution >= 0.6 is 0 Å². The van der Waals surface area contributed by atoms with Gasteiger partial charge >= 0.3 is 6.18 Å². The maximum absolute atomic E-state index is 13.0. The van der Waals surface area contributed by atoms with Crippen LogP contribution in [0.5, 0.6) is 0 Å². The number of ether oxygens (including phenoxy) is 1. The summed E-state index contributed by atoms with van der Waals surface area (Å²) in [6, 6.07) is 5.74. The van der Waals surface area contributed by atoms with Crippen LogP contribution in [0.3, 0.4) is 0 Å². The first kappa shape index (κ1) is 26.1. The van der Waals surface area contributed by atoms with Crippen LogP contribution in [-0.2, 0) is 40.8 Å². The van der Waals surface area contributed by atoms with Crippen molar-refractivity contribution >= 4 is 26.6 Å². The molecule has 202 valence electrons. The summed E-state index contributed by atoms with van der Waals surface area (Å²) in [6.07, 6.45) is 1.64. The number of sulfonamides is 1. The van der Waals surface area contributed by atoms with Crippen molar-refractivity contribution in [1.29, 1.82) is 0 Å². The number of fused-ring (bicyclic) bond motifs is 2. The van der Waals surface area contributed by atoms with Crippen molar-refractivity contribution < 1.29 is 26.3 Å². The minimum Gasteiger partial charge on any atom is -0.376 e. The molecule has 8 nitrogen and oxygen atoms in total. The van der Waals surface area contributed by atoms with Gasteiger partial charge in [0.15, 0.2) is 0 Å². The van der Waals surface area contributed by atoms with Gasteiger partial charge in [-0.15, -0.1) is 0 Å². The van der Waals surface area contributed by atoms with E-state index in [1.165, 1.54) is 10.5 Å². The predicted octanol–water partition coefficient (Wildman–Crippen LogP) is 4.08. The van der Waals surface area contributed by atoms with Crippen LogP contribution in [0.15, 0.2) is 30.6 Å². The lowest BCUT2D eigenvalue weighted by atomic mass is 10.1. The maximum Gasteiger partial charge on any atom is 0.401 e. The summed E-state index contributed by atoms with van der Waals surface area (Å²) >= 11 is 0. The van der Waals surface area contributed by atoms with Crippen LogP contribution in [0.25, 0.3) is 10.9 Å². The van der Waals surface area contributed by atoms with E-state index in [2.05, 4.69) is 27.9 Å². The van der Waals surface area contributed by atoms with Crippen molar-refractivity contribution in [2.75, 3.05) is 31.0 Å². The van der Waals surface area contributed by atoms with Gasteiger partial charge < -0.3 is 9.72 Å². The molecule has 2 aromatic heterocycles. The monoisotopic (exact) mass is 539 g/mol. The number of alkyl halides is 3. The number of aromatic nitrogens is 3. The topological polar surface area (TPSA) is 92.2 Å². The zero-order valence-corrected chi connectivity index (χ0v) is 21.5.